The van der Waals surface area contributed by atoms with E-state index in [0.717, 1.165) is 18.5 Å². The summed E-state index contributed by atoms with van der Waals surface area (Å²) < 4.78 is 17.6. The van der Waals surface area contributed by atoms with Crippen molar-refractivity contribution in [1.29, 1.82) is 0 Å². The summed E-state index contributed by atoms with van der Waals surface area (Å²) in [7, 11) is 1.33. The van der Waals surface area contributed by atoms with Crippen LogP contribution in [0.15, 0.2) is 30.3 Å². The van der Waals surface area contributed by atoms with Gasteiger partial charge in [0.1, 0.15) is 11.9 Å². The first-order chi connectivity index (χ1) is 10.1. The topological polar surface area (TPSA) is 49.8 Å². The van der Waals surface area contributed by atoms with Crippen LogP contribution < -0.4 is 0 Å². The van der Waals surface area contributed by atoms with Gasteiger partial charge >= 0.3 is 5.97 Å². The lowest BCUT2D eigenvalue weighted by Gasteiger charge is -2.36. The zero-order valence-electron chi connectivity index (χ0n) is 12.0. The van der Waals surface area contributed by atoms with Crippen molar-refractivity contribution in [2.75, 3.05) is 20.2 Å². The molecule has 5 heteroatoms. The van der Waals surface area contributed by atoms with Crippen molar-refractivity contribution in [3.05, 3.63) is 41.7 Å². The SMILES string of the molecule is COC(=O)C1C(O)CCCN1CC=Cc1ccc(F)cc1. The largest absolute Gasteiger partial charge is 0.468 e. The Bertz CT molecular complexity index is 501. The number of piperidine rings is 1. The molecule has 4 nitrogen and oxygen atoms in total. The van der Waals surface area contributed by atoms with E-state index in [4.69, 9.17) is 4.74 Å². The summed E-state index contributed by atoms with van der Waals surface area (Å²) in [6.45, 7) is 1.28. The molecule has 1 fully saturated rings. The molecule has 1 aromatic carbocycles. The van der Waals surface area contributed by atoms with E-state index < -0.39 is 18.1 Å². The predicted octanol–water partition coefficient (Wildman–Crippen LogP) is 1.84. The first-order valence-electron chi connectivity index (χ1n) is 7.04. The van der Waals surface area contributed by atoms with Gasteiger partial charge in [-0.1, -0.05) is 24.3 Å². The van der Waals surface area contributed by atoms with Crippen molar-refractivity contribution < 1.29 is 19.0 Å². The number of benzene rings is 1. The standard InChI is InChI=1S/C16H20FNO3/c1-21-16(20)15-14(19)5-3-11-18(15)10-2-4-12-6-8-13(17)9-7-12/h2,4,6-9,14-15,19H,3,5,10-11H2,1H3. The van der Waals surface area contributed by atoms with Crippen LogP contribution in [-0.2, 0) is 9.53 Å². The minimum Gasteiger partial charge on any atom is -0.468 e. The highest BCUT2D eigenvalue weighted by Crippen LogP contribution is 2.19. The summed E-state index contributed by atoms with van der Waals surface area (Å²) in [6.07, 6.45) is 4.54. The number of aliphatic hydroxyl groups is 1. The van der Waals surface area contributed by atoms with Crippen LogP contribution in [0.3, 0.4) is 0 Å². The van der Waals surface area contributed by atoms with E-state index in [1.54, 1.807) is 12.1 Å². The minimum absolute atomic E-state index is 0.267. The third-order valence-corrected chi connectivity index (χ3v) is 3.67. The fourth-order valence-electron chi connectivity index (χ4n) is 2.57. The number of nitrogens with zero attached hydrogens (tertiary/aromatic N) is 1. The van der Waals surface area contributed by atoms with Gasteiger partial charge in [-0.05, 0) is 37.1 Å². The average Bonchev–Trinajstić information content (AvgIpc) is 2.49. The van der Waals surface area contributed by atoms with E-state index >= 15 is 0 Å². The zero-order valence-corrected chi connectivity index (χ0v) is 12.0. The first kappa shape index (κ1) is 15.7. The Morgan fingerprint density at radius 3 is 2.86 bits per heavy atom. The molecular weight excluding hydrogens is 273 g/mol. The van der Waals surface area contributed by atoms with E-state index in [2.05, 4.69) is 0 Å². The highest BCUT2D eigenvalue weighted by atomic mass is 19.1. The highest BCUT2D eigenvalue weighted by molar-refractivity contribution is 5.76. The Hall–Kier alpha value is -1.72. The third kappa shape index (κ3) is 4.12. The molecule has 2 rings (SSSR count). The number of ether oxygens (including phenoxy) is 1. The molecule has 21 heavy (non-hydrogen) atoms. The third-order valence-electron chi connectivity index (χ3n) is 3.67. The lowest BCUT2D eigenvalue weighted by atomic mass is 9.99. The molecule has 0 amide bonds. The molecule has 1 saturated heterocycles. The second-order valence-electron chi connectivity index (χ2n) is 5.13. The van der Waals surface area contributed by atoms with Gasteiger partial charge in [-0.2, -0.15) is 0 Å². The predicted molar refractivity (Wildman–Crippen MR) is 78.1 cm³/mol. The summed E-state index contributed by atoms with van der Waals surface area (Å²) in [6, 6.07) is 5.58. The molecule has 0 spiro atoms. The van der Waals surface area contributed by atoms with Gasteiger partial charge in [0.2, 0.25) is 0 Å². The molecule has 0 aliphatic carbocycles. The zero-order chi connectivity index (χ0) is 15.2. The smallest absolute Gasteiger partial charge is 0.325 e. The number of carbonyl (C=O) groups is 1. The second kappa shape index (κ2) is 7.33. The Morgan fingerprint density at radius 2 is 2.19 bits per heavy atom. The van der Waals surface area contributed by atoms with E-state index in [1.165, 1.54) is 19.2 Å². The number of likely N-dealkylation sites (tertiary alicyclic amines) is 1. The Balaban J connectivity index is 1.99. The van der Waals surface area contributed by atoms with Crippen LogP contribution in [-0.4, -0.2) is 48.3 Å². The fourth-order valence-corrected chi connectivity index (χ4v) is 2.57. The number of hydrogen-bond acceptors (Lipinski definition) is 4. The van der Waals surface area contributed by atoms with Crippen LogP contribution in [0.4, 0.5) is 4.39 Å². The summed E-state index contributed by atoms with van der Waals surface area (Å²) in [5, 5.41) is 9.98. The monoisotopic (exact) mass is 293 g/mol. The lowest BCUT2D eigenvalue weighted by Crippen LogP contribution is -2.53. The van der Waals surface area contributed by atoms with E-state index in [9.17, 15) is 14.3 Å². The second-order valence-corrected chi connectivity index (χ2v) is 5.13. The first-order valence-corrected chi connectivity index (χ1v) is 7.04. The van der Waals surface area contributed by atoms with Gasteiger partial charge in [0.25, 0.3) is 0 Å². The molecule has 0 saturated carbocycles. The quantitative estimate of drug-likeness (QED) is 0.861. The average molecular weight is 293 g/mol. The maximum atomic E-state index is 12.8. The van der Waals surface area contributed by atoms with E-state index in [-0.39, 0.29) is 5.82 Å². The van der Waals surface area contributed by atoms with Crippen LogP contribution in [0.1, 0.15) is 18.4 Å². The normalized spacial score (nSPS) is 23.4. The van der Waals surface area contributed by atoms with Crippen LogP contribution in [0.5, 0.6) is 0 Å². The van der Waals surface area contributed by atoms with Crippen molar-refractivity contribution in [1.82, 2.24) is 4.90 Å². The number of halogens is 1. The van der Waals surface area contributed by atoms with Gasteiger partial charge in [0, 0.05) is 6.54 Å². The van der Waals surface area contributed by atoms with Crippen LogP contribution in [0, 0.1) is 5.82 Å². The Labute approximate surface area is 123 Å². The molecule has 0 radical (unpaired) electrons. The number of esters is 1. The van der Waals surface area contributed by atoms with Crippen LogP contribution in [0.25, 0.3) is 6.08 Å². The molecule has 1 heterocycles. The van der Waals surface area contributed by atoms with Gasteiger partial charge in [-0.3, -0.25) is 9.69 Å². The molecule has 1 aliphatic rings. The summed E-state index contributed by atoms with van der Waals surface area (Å²) in [5.74, 6) is -0.672. The van der Waals surface area contributed by atoms with Gasteiger partial charge < -0.3 is 9.84 Å². The van der Waals surface area contributed by atoms with Gasteiger partial charge in [-0.25, -0.2) is 4.39 Å². The number of aliphatic hydroxyl groups excluding tert-OH is 1. The molecule has 0 aromatic heterocycles. The molecule has 2 atom stereocenters. The van der Waals surface area contributed by atoms with Crippen molar-refractivity contribution in [3.63, 3.8) is 0 Å². The summed E-state index contributed by atoms with van der Waals surface area (Å²) >= 11 is 0. The van der Waals surface area contributed by atoms with E-state index in [1.807, 2.05) is 17.1 Å². The van der Waals surface area contributed by atoms with Crippen molar-refractivity contribution in [2.45, 2.75) is 25.0 Å². The van der Waals surface area contributed by atoms with Crippen molar-refractivity contribution >= 4 is 12.0 Å². The minimum atomic E-state index is -0.689. The molecule has 114 valence electrons. The lowest BCUT2D eigenvalue weighted by molar-refractivity contribution is -0.153. The molecule has 0 bridgehead atoms. The van der Waals surface area contributed by atoms with Crippen LogP contribution >= 0.6 is 0 Å². The molecule has 2 unspecified atom stereocenters. The van der Waals surface area contributed by atoms with Gasteiger partial charge in [-0.15, -0.1) is 0 Å². The fraction of sp³-hybridized carbons (Fsp3) is 0.438. The molecule has 1 N–H and O–H groups in total. The maximum absolute atomic E-state index is 12.8. The summed E-state index contributed by atoms with van der Waals surface area (Å²) in [5.41, 5.74) is 0.892. The number of carbonyl (C=O) groups excluding carboxylic acids is 1. The number of hydrogen-bond donors (Lipinski definition) is 1. The summed E-state index contributed by atoms with van der Waals surface area (Å²) in [4.78, 5) is 13.7. The number of rotatable bonds is 4. The van der Waals surface area contributed by atoms with Crippen molar-refractivity contribution in [2.24, 2.45) is 0 Å². The Morgan fingerprint density at radius 1 is 1.48 bits per heavy atom. The molecule has 1 aromatic rings. The van der Waals surface area contributed by atoms with E-state index in [0.29, 0.717) is 13.0 Å². The Kier molecular flexibility index (Phi) is 5.47. The van der Waals surface area contributed by atoms with Crippen molar-refractivity contribution in [3.8, 4) is 0 Å². The maximum Gasteiger partial charge on any atom is 0.325 e. The molecular formula is C16H20FNO3. The molecule has 1 aliphatic heterocycles. The van der Waals surface area contributed by atoms with Gasteiger partial charge in [0.05, 0.1) is 13.2 Å². The van der Waals surface area contributed by atoms with Gasteiger partial charge in [0.15, 0.2) is 0 Å². The number of methoxy groups -OCH3 is 1. The highest BCUT2D eigenvalue weighted by Gasteiger charge is 2.35. The van der Waals surface area contributed by atoms with Crippen LogP contribution in [0.2, 0.25) is 0 Å².